The smallest absolute Gasteiger partial charge is 1.00 e. The summed E-state index contributed by atoms with van der Waals surface area (Å²) in [7, 11) is 0. The van der Waals surface area contributed by atoms with Crippen LogP contribution in [0.15, 0.2) is 23.8 Å². The maximum absolute atomic E-state index is 10.8. The molecule has 0 unspecified atom stereocenters. The van der Waals surface area contributed by atoms with Gasteiger partial charge in [0.15, 0.2) is 0 Å². The Morgan fingerprint density at radius 3 is 2.62 bits per heavy atom. The van der Waals surface area contributed by atoms with Gasteiger partial charge in [-0.25, -0.2) is 0 Å². The Morgan fingerprint density at radius 2 is 2.00 bits per heavy atom. The monoisotopic (exact) mass is 232 g/mol. The van der Waals surface area contributed by atoms with Crippen molar-refractivity contribution in [2.75, 3.05) is 0 Å². The van der Waals surface area contributed by atoms with E-state index in [-0.39, 0.29) is 14.1 Å². The van der Waals surface area contributed by atoms with Crippen LogP contribution in [-0.2, 0) is 20.5 Å². The van der Waals surface area contributed by atoms with Gasteiger partial charge in [0.1, 0.15) is 0 Å². The molecule has 0 saturated heterocycles. The molecular formula is C9H11CoF2O. The van der Waals surface area contributed by atoms with Gasteiger partial charge in [0.25, 0.3) is 0 Å². The molecule has 0 atom stereocenters. The quantitative estimate of drug-likeness (QED) is 0.452. The molecule has 0 aromatic heterocycles. The minimum Gasteiger partial charge on any atom is -1.00 e. The third-order valence-electron chi connectivity index (χ3n) is 1.74. The molecule has 13 heavy (non-hydrogen) atoms. The van der Waals surface area contributed by atoms with E-state index in [9.17, 15) is 4.79 Å². The summed E-state index contributed by atoms with van der Waals surface area (Å²) in [6.45, 7) is 0. The first kappa shape index (κ1) is 15.0. The Morgan fingerprint density at radius 1 is 1.31 bits per heavy atom. The van der Waals surface area contributed by atoms with Crippen LogP contribution in [0.4, 0.5) is 0 Å². The molecule has 0 heterocycles. The Labute approximate surface area is 84.6 Å². The van der Waals surface area contributed by atoms with Gasteiger partial charge in [-0.05, 0) is 0 Å². The fourth-order valence-electron chi connectivity index (χ4n) is 1.10. The molecule has 0 aromatic carbocycles. The van der Waals surface area contributed by atoms with E-state index in [0.717, 1.165) is 24.8 Å². The zero-order valence-electron chi connectivity index (χ0n) is 7.06. The second-order valence-corrected chi connectivity index (χ2v) is 3.09. The fourth-order valence-corrected chi connectivity index (χ4v) is 1.31. The van der Waals surface area contributed by atoms with Crippen LogP contribution in [0, 0.1) is 0 Å². The first-order chi connectivity index (χ1) is 5.30. The summed E-state index contributed by atoms with van der Waals surface area (Å²) in [4.78, 5) is 10.8. The molecule has 0 aliphatic heterocycles. The van der Waals surface area contributed by atoms with E-state index in [0.29, 0.717) is 0 Å². The third kappa shape index (κ3) is 5.71. The van der Waals surface area contributed by atoms with Crippen molar-refractivity contribution in [1.29, 1.82) is 0 Å². The number of allylic oxidation sites excluding steroid dienone is 4. The van der Waals surface area contributed by atoms with Crippen LogP contribution in [0.3, 0.4) is 0 Å². The van der Waals surface area contributed by atoms with Gasteiger partial charge in [0.05, 0.1) is 0 Å². The van der Waals surface area contributed by atoms with Gasteiger partial charge >= 0.3 is 74.7 Å². The van der Waals surface area contributed by atoms with Crippen molar-refractivity contribution in [3.63, 3.8) is 0 Å². The van der Waals surface area contributed by atoms with E-state index in [2.05, 4.69) is 21.8 Å². The fraction of sp³-hybridized carbons (Fsp3) is 0.444. The molecule has 1 aliphatic carbocycles. The Bertz CT molecular complexity index is 212. The zero-order valence-corrected chi connectivity index (χ0v) is 8.10. The van der Waals surface area contributed by atoms with Gasteiger partial charge in [-0.1, -0.05) is 0 Å². The standard InChI is InChI=1S/C9H11O.Co.2FH/c10-8-9-6-4-2-1-3-5-7-9;;;/h2,4,6H,1,3,5,7H2;;2*1H/q;+2;;/p-2. The minimum atomic E-state index is -0.0935. The molecule has 0 bridgehead atoms. The summed E-state index contributed by atoms with van der Waals surface area (Å²) in [6, 6.07) is 0. The van der Waals surface area contributed by atoms with E-state index in [1.165, 1.54) is 6.42 Å². The second-order valence-electron chi connectivity index (χ2n) is 2.62. The van der Waals surface area contributed by atoms with Gasteiger partial charge in [0.2, 0.25) is 0 Å². The Hall–Kier alpha value is -0.484. The summed E-state index contributed by atoms with van der Waals surface area (Å²) in [6.07, 6.45) is 10.2. The van der Waals surface area contributed by atoms with Crippen molar-refractivity contribution in [2.45, 2.75) is 25.7 Å². The van der Waals surface area contributed by atoms with Crippen LogP contribution in [0.2, 0.25) is 0 Å². The average molecular weight is 232 g/mol. The number of carbonyl (C=O) groups excluding carboxylic acids is 1. The molecular weight excluding hydrogens is 221 g/mol. The Balaban J connectivity index is 0. The molecule has 1 rings (SSSR count). The van der Waals surface area contributed by atoms with Crippen molar-refractivity contribution in [3.8, 4) is 0 Å². The number of halogens is 2. The van der Waals surface area contributed by atoms with Gasteiger partial charge in [-0.3, -0.25) is 0 Å². The molecule has 0 spiro atoms. The summed E-state index contributed by atoms with van der Waals surface area (Å²) >= 11 is 3.83. The molecule has 0 fully saturated rings. The topological polar surface area (TPSA) is 17.1 Å². The second kappa shape index (κ2) is 8.13. The summed E-state index contributed by atoms with van der Waals surface area (Å²) in [5, 5.41) is 0. The van der Waals surface area contributed by atoms with Crippen molar-refractivity contribution in [2.24, 2.45) is 0 Å². The molecule has 0 amide bonds. The van der Waals surface area contributed by atoms with Crippen LogP contribution in [0.1, 0.15) is 25.7 Å². The van der Waals surface area contributed by atoms with E-state index in [4.69, 9.17) is 0 Å². The van der Waals surface area contributed by atoms with Crippen molar-refractivity contribution in [3.05, 3.63) is 23.8 Å². The number of carbonyl (C=O) groups is 1. The summed E-state index contributed by atoms with van der Waals surface area (Å²) in [5.74, 6) is 0. The third-order valence-corrected chi connectivity index (χ3v) is 2.07. The van der Waals surface area contributed by atoms with Crippen molar-refractivity contribution < 1.29 is 29.9 Å². The van der Waals surface area contributed by atoms with Gasteiger partial charge in [-0.15, -0.1) is 0 Å². The van der Waals surface area contributed by atoms with Crippen molar-refractivity contribution >= 4 is 4.72 Å². The predicted molar refractivity (Wildman–Crippen MR) is 40.7 cm³/mol. The van der Waals surface area contributed by atoms with Crippen LogP contribution >= 0.6 is 0 Å². The first-order valence-electron chi connectivity index (χ1n) is 3.84. The molecule has 1 nitrogen and oxygen atoms in total. The molecule has 4 heteroatoms. The molecule has 76 valence electrons. The molecule has 1 aliphatic rings. The van der Waals surface area contributed by atoms with Gasteiger partial charge in [-0.2, -0.15) is 0 Å². The van der Waals surface area contributed by atoms with Crippen LogP contribution < -0.4 is 9.41 Å². The predicted octanol–water partition coefficient (Wildman–Crippen LogP) is -3.88. The SMILES string of the molecule is O=[C]([Co+2])C1=CC=CCCCC1.[F-].[F-]. The van der Waals surface area contributed by atoms with Crippen LogP contribution in [0.5, 0.6) is 0 Å². The normalized spacial score (nSPS) is 15.6. The number of hydrogen-bond donors (Lipinski definition) is 0. The first-order valence-corrected chi connectivity index (χ1v) is 4.36. The molecule has 0 aromatic rings. The number of rotatable bonds is 1. The maximum atomic E-state index is 10.8. The largest absolute Gasteiger partial charge is 1.00 e. The average Bonchev–Trinajstić information content (AvgIpc) is 1.84. The van der Waals surface area contributed by atoms with E-state index >= 15 is 0 Å². The van der Waals surface area contributed by atoms with Crippen LogP contribution in [0.25, 0.3) is 0 Å². The van der Waals surface area contributed by atoms with Gasteiger partial charge in [0, 0.05) is 0 Å². The minimum absolute atomic E-state index is 0. The van der Waals surface area contributed by atoms with E-state index in [1.54, 1.807) is 0 Å². The van der Waals surface area contributed by atoms with E-state index < -0.39 is 0 Å². The van der Waals surface area contributed by atoms with E-state index in [1.807, 2.05) is 12.2 Å². The zero-order chi connectivity index (χ0) is 8.10. The molecule has 0 saturated carbocycles. The van der Waals surface area contributed by atoms with Crippen molar-refractivity contribution in [1.82, 2.24) is 0 Å². The summed E-state index contributed by atoms with van der Waals surface area (Å²) < 4.78 is -0.0935. The maximum Gasteiger partial charge on any atom is -1.00 e. The number of hydrogen-bond acceptors (Lipinski definition) is 1. The Kier molecular flexibility index (Phi) is 9.39. The van der Waals surface area contributed by atoms with Gasteiger partial charge < -0.3 is 9.41 Å². The van der Waals surface area contributed by atoms with Crippen LogP contribution in [-0.4, -0.2) is 4.72 Å². The molecule has 0 N–H and O–H groups in total. The summed E-state index contributed by atoms with van der Waals surface area (Å²) in [5.41, 5.74) is 0.834. The molecule has 0 radical (unpaired) electrons.